The van der Waals surface area contributed by atoms with Gasteiger partial charge >= 0.3 is 0 Å². The number of benzene rings is 1. The SMILES string of the molecule is CC(C)COC1CCOc2c1cc(C1OCC1(C)C)cc2C1OCC1(C)C. The number of hydrogen-bond acceptors (Lipinski definition) is 4. The third kappa shape index (κ3) is 3.41. The van der Waals surface area contributed by atoms with Crippen LogP contribution in [0.2, 0.25) is 0 Å². The minimum Gasteiger partial charge on any atom is -0.493 e. The maximum Gasteiger partial charge on any atom is 0.130 e. The molecule has 0 saturated carbocycles. The molecule has 4 rings (SSSR count). The largest absolute Gasteiger partial charge is 0.493 e. The predicted octanol–water partition coefficient (Wildman–Crippen LogP) is 5.38. The van der Waals surface area contributed by atoms with Gasteiger partial charge in [0.25, 0.3) is 0 Å². The molecule has 1 aromatic carbocycles. The third-order valence-electron chi connectivity index (χ3n) is 6.02. The molecule has 1 aromatic rings. The Kier molecular flexibility index (Phi) is 4.81. The number of hydrogen-bond donors (Lipinski definition) is 0. The number of ether oxygens (including phenoxy) is 4. The van der Waals surface area contributed by atoms with Crippen molar-refractivity contribution in [1.82, 2.24) is 0 Å². The topological polar surface area (TPSA) is 36.9 Å². The highest BCUT2D eigenvalue weighted by Gasteiger charge is 2.46. The zero-order chi connectivity index (χ0) is 19.4. The first kappa shape index (κ1) is 19.2. The van der Waals surface area contributed by atoms with E-state index in [1.165, 1.54) is 16.7 Å². The first-order valence-electron chi connectivity index (χ1n) is 10.3. The fourth-order valence-corrected chi connectivity index (χ4v) is 4.41. The summed E-state index contributed by atoms with van der Waals surface area (Å²) in [5.41, 5.74) is 3.85. The van der Waals surface area contributed by atoms with Crippen molar-refractivity contribution in [2.24, 2.45) is 16.7 Å². The predicted molar refractivity (Wildman–Crippen MR) is 105 cm³/mol. The minimum absolute atomic E-state index is 0.0678. The first-order valence-corrected chi connectivity index (χ1v) is 10.3. The molecule has 4 heteroatoms. The lowest BCUT2D eigenvalue weighted by molar-refractivity contribution is -0.176. The summed E-state index contributed by atoms with van der Waals surface area (Å²) in [5, 5.41) is 0. The number of rotatable bonds is 5. The third-order valence-corrected chi connectivity index (χ3v) is 6.02. The van der Waals surface area contributed by atoms with E-state index < -0.39 is 0 Å². The van der Waals surface area contributed by atoms with E-state index in [0.29, 0.717) is 12.5 Å². The van der Waals surface area contributed by atoms with Crippen LogP contribution in [-0.2, 0) is 14.2 Å². The van der Waals surface area contributed by atoms with Crippen LogP contribution in [-0.4, -0.2) is 26.4 Å². The van der Waals surface area contributed by atoms with Crippen LogP contribution in [0.25, 0.3) is 0 Å². The minimum atomic E-state index is 0.0678. The summed E-state index contributed by atoms with van der Waals surface area (Å²) >= 11 is 0. The monoisotopic (exact) mass is 374 g/mol. The molecule has 0 bridgehead atoms. The second-order valence-electron chi connectivity index (χ2n) is 10.2. The molecule has 150 valence electrons. The van der Waals surface area contributed by atoms with E-state index >= 15 is 0 Å². The normalized spacial score (nSPS) is 30.9. The van der Waals surface area contributed by atoms with Gasteiger partial charge in [-0.1, -0.05) is 41.5 Å². The van der Waals surface area contributed by atoms with Gasteiger partial charge in [0, 0.05) is 35.0 Å². The summed E-state index contributed by atoms with van der Waals surface area (Å²) in [5.74, 6) is 1.50. The van der Waals surface area contributed by atoms with Gasteiger partial charge in [0.1, 0.15) is 5.75 Å². The Bertz CT molecular complexity index is 707. The molecule has 0 aliphatic carbocycles. The molecule has 3 aliphatic rings. The van der Waals surface area contributed by atoms with E-state index in [-0.39, 0.29) is 29.1 Å². The smallest absolute Gasteiger partial charge is 0.130 e. The molecule has 0 spiro atoms. The van der Waals surface area contributed by atoms with Crippen LogP contribution in [0.4, 0.5) is 0 Å². The molecule has 27 heavy (non-hydrogen) atoms. The van der Waals surface area contributed by atoms with Crippen LogP contribution >= 0.6 is 0 Å². The summed E-state index contributed by atoms with van der Waals surface area (Å²) in [6.07, 6.45) is 1.17. The Hall–Kier alpha value is -1.10. The van der Waals surface area contributed by atoms with Crippen LogP contribution in [0.15, 0.2) is 12.1 Å². The van der Waals surface area contributed by atoms with Crippen molar-refractivity contribution in [1.29, 1.82) is 0 Å². The molecule has 0 radical (unpaired) electrons. The van der Waals surface area contributed by atoms with Crippen LogP contribution in [0, 0.1) is 16.7 Å². The fourth-order valence-electron chi connectivity index (χ4n) is 4.41. The van der Waals surface area contributed by atoms with Gasteiger partial charge < -0.3 is 18.9 Å². The Morgan fingerprint density at radius 1 is 1.00 bits per heavy atom. The van der Waals surface area contributed by atoms with Crippen molar-refractivity contribution >= 4 is 0 Å². The quantitative estimate of drug-likeness (QED) is 0.693. The molecule has 3 unspecified atom stereocenters. The summed E-state index contributed by atoms with van der Waals surface area (Å²) < 4.78 is 24.4. The molecule has 3 aliphatic heterocycles. The highest BCUT2D eigenvalue weighted by atomic mass is 16.5. The second-order valence-corrected chi connectivity index (χ2v) is 10.2. The lowest BCUT2D eigenvalue weighted by Crippen LogP contribution is -2.42. The summed E-state index contributed by atoms with van der Waals surface area (Å²) in [7, 11) is 0. The molecule has 0 amide bonds. The lowest BCUT2D eigenvalue weighted by Gasteiger charge is -2.47. The van der Waals surface area contributed by atoms with Crippen molar-refractivity contribution in [3.63, 3.8) is 0 Å². The van der Waals surface area contributed by atoms with E-state index in [1.807, 2.05) is 0 Å². The van der Waals surface area contributed by atoms with Gasteiger partial charge in [-0.15, -0.1) is 0 Å². The molecule has 3 heterocycles. The van der Waals surface area contributed by atoms with Crippen molar-refractivity contribution in [3.05, 3.63) is 28.8 Å². The van der Waals surface area contributed by atoms with Crippen molar-refractivity contribution < 1.29 is 18.9 Å². The number of fused-ring (bicyclic) bond motifs is 1. The Morgan fingerprint density at radius 3 is 2.15 bits per heavy atom. The van der Waals surface area contributed by atoms with Gasteiger partial charge in [-0.25, -0.2) is 0 Å². The maximum atomic E-state index is 6.29. The molecule has 0 N–H and O–H groups in total. The highest BCUT2D eigenvalue weighted by Crippen LogP contribution is 2.54. The van der Waals surface area contributed by atoms with E-state index in [4.69, 9.17) is 18.9 Å². The van der Waals surface area contributed by atoms with E-state index in [1.54, 1.807) is 0 Å². The fraction of sp³-hybridized carbons (Fsp3) is 0.739. The van der Waals surface area contributed by atoms with E-state index in [2.05, 4.69) is 53.7 Å². The summed E-state index contributed by atoms with van der Waals surface area (Å²) in [6.45, 7) is 16.5. The van der Waals surface area contributed by atoms with Gasteiger partial charge in [0.05, 0.1) is 38.1 Å². The zero-order valence-corrected chi connectivity index (χ0v) is 17.6. The lowest BCUT2D eigenvalue weighted by atomic mass is 9.74. The second kappa shape index (κ2) is 6.75. The van der Waals surface area contributed by atoms with Gasteiger partial charge in [-0.3, -0.25) is 0 Å². The van der Waals surface area contributed by atoms with Gasteiger partial charge in [-0.2, -0.15) is 0 Å². The highest BCUT2D eigenvalue weighted by molar-refractivity contribution is 5.50. The molecule has 2 saturated heterocycles. The molecule has 2 fully saturated rings. The van der Waals surface area contributed by atoms with Crippen molar-refractivity contribution in [2.45, 2.75) is 66.3 Å². The first-order chi connectivity index (χ1) is 12.7. The van der Waals surface area contributed by atoms with Gasteiger partial charge in [0.15, 0.2) is 0 Å². The van der Waals surface area contributed by atoms with Gasteiger partial charge in [-0.05, 0) is 23.6 Å². The molecule has 3 atom stereocenters. The van der Waals surface area contributed by atoms with Crippen molar-refractivity contribution in [3.8, 4) is 5.75 Å². The standard InChI is InChI=1S/C23H34O4/c1-14(2)11-25-18-7-8-24-19-16(18)9-15(20-22(3,4)12-26-20)10-17(19)21-23(5,6)13-27-21/h9-10,14,18,20-21H,7-8,11-13H2,1-6H3. The van der Waals surface area contributed by atoms with E-state index in [9.17, 15) is 0 Å². The molecular formula is C23H34O4. The van der Waals surface area contributed by atoms with Gasteiger partial charge in [0.2, 0.25) is 0 Å². The van der Waals surface area contributed by atoms with Crippen LogP contribution in [0.1, 0.15) is 83.0 Å². The summed E-state index contributed by atoms with van der Waals surface area (Å²) in [4.78, 5) is 0. The zero-order valence-electron chi connectivity index (χ0n) is 17.6. The Morgan fingerprint density at radius 2 is 1.63 bits per heavy atom. The van der Waals surface area contributed by atoms with E-state index in [0.717, 1.165) is 32.0 Å². The van der Waals surface area contributed by atoms with Crippen LogP contribution in [0.3, 0.4) is 0 Å². The molecular weight excluding hydrogens is 340 g/mol. The molecule has 0 aromatic heterocycles. The van der Waals surface area contributed by atoms with Crippen LogP contribution < -0.4 is 4.74 Å². The van der Waals surface area contributed by atoms with Crippen LogP contribution in [0.5, 0.6) is 5.75 Å². The van der Waals surface area contributed by atoms with Crippen molar-refractivity contribution in [2.75, 3.05) is 26.4 Å². The summed E-state index contributed by atoms with van der Waals surface area (Å²) in [6, 6.07) is 4.53. The maximum absolute atomic E-state index is 6.29. The Balaban J connectivity index is 1.75. The average molecular weight is 375 g/mol. The Labute approximate surface area is 163 Å². The molecule has 4 nitrogen and oxygen atoms in total. The average Bonchev–Trinajstić information content (AvgIpc) is 2.58.